The molecule has 0 radical (unpaired) electrons. The predicted molar refractivity (Wildman–Crippen MR) is 112 cm³/mol. The van der Waals surface area contributed by atoms with Gasteiger partial charge < -0.3 is 10.1 Å². The normalized spacial score (nSPS) is 13.4. The van der Waals surface area contributed by atoms with Crippen molar-refractivity contribution in [2.75, 3.05) is 11.9 Å². The van der Waals surface area contributed by atoms with Crippen LogP contribution in [0, 0.1) is 0 Å². The zero-order valence-corrected chi connectivity index (χ0v) is 16.3. The first-order valence-electron chi connectivity index (χ1n) is 9.37. The van der Waals surface area contributed by atoms with E-state index >= 15 is 0 Å². The molecule has 0 unspecified atom stereocenters. The summed E-state index contributed by atoms with van der Waals surface area (Å²) in [5, 5.41) is 4.10. The van der Waals surface area contributed by atoms with Gasteiger partial charge in [-0.2, -0.15) is 0 Å². The van der Waals surface area contributed by atoms with E-state index in [1.165, 1.54) is 16.9 Å². The number of ether oxygens (including phenoxy) is 1. The summed E-state index contributed by atoms with van der Waals surface area (Å²) in [7, 11) is 0. The number of aryl methyl sites for hydroxylation is 2. The number of aromatic nitrogens is 2. The molecule has 1 aromatic carbocycles. The zero-order chi connectivity index (χ0) is 18.8. The Kier molecular flexibility index (Phi) is 4.99. The number of rotatable bonds is 6. The second kappa shape index (κ2) is 7.56. The van der Waals surface area contributed by atoms with Crippen molar-refractivity contribution in [3.05, 3.63) is 57.7 Å². The van der Waals surface area contributed by atoms with Crippen molar-refractivity contribution in [1.29, 1.82) is 0 Å². The fourth-order valence-electron chi connectivity index (χ4n) is 3.56. The van der Waals surface area contributed by atoms with Gasteiger partial charge in [0.15, 0.2) is 0 Å². The van der Waals surface area contributed by atoms with Crippen molar-refractivity contribution in [3.8, 4) is 5.75 Å². The number of fused-ring (bicyclic) bond motifs is 3. The van der Waals surface area contributed by atoms with E-state index in [0.717, 1.165) is 40.9 Å². The van der Waals surface area contributed by atoms with Crippen molar-refractivity contribution in [3.63, 3.8) is 0 Å². The number of allylic oxidation sites excluding steroid dienone is 1. The summed E-state index contributed by atoms with van der Waals surface area (Å²) in [6.45, 7) is 6.82. The molecule has 2 aromatic heterocycles. The van der Waals surface area contributed by atoms with E-state index in [1.54, 1.807) is 22.0 Å². The minimum atomic E-state index is 0.0211. The number of hydrogen-bond acceptors (Lipinski definition) is 5. The molecule has 0 fully saturated rings. The van der Waals surface area contributed by atoms with Crippen LogP contribution >= 0.6 is 11.3 Å². The lowest BCUT2D eigenvalue weighted by atomic mass is 9.97. The number of anilines is 2. The van der Waals surface area contributed by atoms with Crippen LogP contribution in [0.2, 0.25) is 0 Å². The first-order valence-corrected chi connectivity index (χ1v) is 10.2. The number of hydrogen-bond donors (Lipinski definition) is 1. The van der Waals surface area contributed by atoms with Gasteiger partial charge in [0.05, 0.1) is 12.0 Å². The second-order valence-corrected chi connectivity index (χ2v) is 7.70. The molecule has 0 aliphatic heterocycles. The summed E-state index contributed by atoms with van der Waals surface area (Å²) < 4.78 is 7.16. The molecule has 3 aromatic rings. The molecule has 140 valence electrons. The monoisotopic (exact) mass is 381 g/mol. The molecule has 1 aliphatic carbocycles. The van der Waals surface area contributed by atoms with Crippen LogP contribution in [-0.2, 0) is 19.4 Å². The Labute approximate surface area is 162 Å². The van der Waals surface area contributed by atoms with Crippen molar-refractivity contribution >= 4 is 33.2 Å². The van der Waals surface area contributed by atoms with E-state index in [-0.39, 0.29) is 5.56 Å². The molecule has 5 nitrogen and oxygen atoms in total. The first kappa shape index (κ1) is 17.8. The van der Waals surface area contributed by atoms with Crippen molar-refractivity contribution in [2.24, 2.45) is 0 Å². The van der Waals surface area contributed by atoms with Crippen LogP contribution in [0.15, 0.2) is 41.7 Å². The number of thiophene rings is 1. The van der Waals surface area contributed by atoms with E-state index < -0.39 is 0 Å². The smallest absolute Gasteiger partial charge is 0.264 e. The van der Waals surface area contributed by atoms with Crippen LogP contribution in [0.4, 0.5) is 11.6 Å². The van der Waals surface area contributed by atoms with Crippen LogP contribution in [0.1, 0.15) is 30.2 Å². The molecular weight excluding hydrogens is 358 g/mol. The predicted octanol–water partition coefficient (Wildman–Crippen LogP) is 4.67. The summed E-state index contributed by atoms with van der Waals surface area (Å²) in [6.07, 6.45) is 6.10. The van der Waals surface area contributed by atoms with E-state index in [2.05, 4.69) is 11.9 Å². The molecule has 27 heavy (non-hydrogen) atoms. The van der Waals surface area contributed by atoms with E-state index in [1.807, 2.05) is 31.2 Å². The fourth-order valence-corrected chi connectivity index (χ4v) is 4.81. The largest absolute Gasteiger partial charge is 0.494 e. The molecule has 0 amide bonds. The highest BCUT2D eigenvalue weighted by Crippen LogP contribution is 2.34. The molecule has 6 heteroatoms. The number of nitrogens with one attached hydrogen (secondary N) is 1. The maximum absolute atomic E-state index is 13.2. The van der Waals surface area contributed by atoms with Crippen LogP contribution in [-0.4, -0.2) is 16.2 Å². The standard InChI is InChI=1S/C21H23N3O2S/c1-3-13-24-20(25)18-16-7-5-6-8-17(16)27-19(18)23-21(24)22-14-9-11-15(12-10-14)26-4-2/h3,9-12H,1,4-8,13H2,2H3,(H,22,23). The molecule has 0 saturated carbocycles. The van der Waals surface area contributed by atoms with Gasteiger partial charge in [0, 0.05) is 17.1 Å². The molecule has 0 saturated heterocycles. The highest BCUT2D eigenvalue weighted by atomic mass is 32.1. The van der Waals surface area contributed by atoms with Gasteiger partial charge in [-0.1, -0.05) is 6.08 Å². The highest BCUT2D eigenvalue weighted by molar-refractivity contribution is 7.18. The minimum Gasteiger partial charge on any atom is -0.494 e. The van der Waals surface area contributed by atoms with Gasteiger partial charge in [-0.15, -0.1) is 17.9 Å². The van der Waals surface area contributed by atoms with E-state index in [9.17, 15) is 4.79 Å². The topological polar surface area (TPSA) is 56.1 Å². The highest BCUT2D eigenvalue weighted by Gasteiger charge is 2.21. The molecule has 1 aliphatic rings. The third kappa shape index (κ3) is 3.37. The molecule has 4 rings (SSSR count). The fraction of sp³-hybridized carbons (Fsp3) is 0.333. The van der Waals surface area contributed by atoms with Gasteiger partial charge in [-0.3, -0.25) is 9.36 Å². The molecule has 0 atom stereocenters. The third-order valence-corrected chi connectivity index (χ3v) is 5.99. The average Bonchev–Trinajstić information content (AvgIpc) is 3.05. The Bertz CT molecular complexity index is 1030. The van der Waals surface area contributed by atoms with Gasteiger partial charge in [0.2, 0.25) is 5.95 Å². The number of nitrogens with zero attached hydrogens (tertiary/aromatic N) is 2. The van der Waals surface area contributed by atoms with Crippen LogP contribution in [0.5, 0.6) is 5.75 Å². The van der Waals surface area contributed by atoms with Gasteiger partial charge in [0.1, 0.15) is 10.6 Å². The molecule has 0 spiro atoms. The van der Waals surface area contributed by atoms with E-state index in [4.69, 9.17) is 9.72 Å². The van der Waals surface area contributed by atoms with E-state index in [0.29, 0.717) is 19.1 Å². The molecular formula is C21H23N3O2S. The average molecular weight is 382 g/mol. The molecule has 0 bridgehead atoms. The first-order chi connectivity index (χ1) is 13.2. The van der Waals surface area contributed by atoms with Gasteiger partial charge >= 0.3 is 0 Å². The Morgan fingerprint density at radius 2 is 2.07 bits per heavy atom. The van der Waals surface area contributed by atoms with Crippen LogP contribution in [0.25, 0.3) is 10.2 Å². The lowest BCUT2D eigenvalue weighted by Crippen LogP contribution is -2.24. The SMILES string of the molecule is C=CCn1c(Nc2ccc(OCC)cc2)nc2sc3c(c2c1=O)CCCC3. The molecule has 2 heterocycles. The molecule has 1 N–H and O–H groups in total. The lowest BCUT2D eigenvalue weighted by Gasteiger charge is -2.14. The summed E-state index contributed by atoms with van der Waals surface area (Å²) in [5.74, 6) is 1.37. The Hall–Kier alpha value is -2.60. The second-order valence-electron chi connectivity index (χ2n) is 6.61. The van der Waals surface area contributed by atoms with Crippen LogP contribution < -0.4 is 15.6 Å². The lowest BCUT2D eigenvalue weighted by molar-refractivity contribution is 0.340. The Balaban J connectivity index is 1.78. The summed E-state index contributed by atoms with van der Waals surface area (Å²) >= 11 is 1.66. The third-order valence-electron chi connectivity index (χ3n) is 4.81. The van der Waals surface area contributed by atoms with Crippen molar-refractivity contribution in [2.45, 2.75) is 39.2 Å². The quantitative estimate of drug-likeness (QED) is 0.631. The summed E-state index contributed by atoms with van der Waals surface area (Å²) in [4.78, 5) is 20.2. The zero-order valence-electron chi connectivity index (χ0n) is 15.5. The summed E-state index contributed by atoms with van der Waals surface area (Å²) in [5.41, 5.74) is 2.10. The van der Waals surface area contributed by atoms with Gasteiger partial charge in [-0.25, -0.2) is 4.98 Å². The van der Waals surface area contributed by atoms with Crippen molar-refractivity contribution in [1.82, 2.24) is 9.55 Å². The minimum absolute atomic E-state index is 0.0211. The Morgan fingerprint density at radius 1 is 1.30 bits per heavy atom. The summed E-state index contributed by atoms with van der Waals surface area (Å²) in [6, 6.07) is 7.67. The maximum atomic E-state index is 13.2. The Morgan fingerprint density at radius 3 is 2.81 bits per heavy atom. The van der Waals surface area contributed by atoms with Gasteiger partial charge in [0.25, 0.3) is 5.56 Å². The maximum Gasteiger partial charge on any atom is 0.264 e. The van der Waals surface area contributed by atoms with Crippen LogP contribution in [0.3, 0.4) is 0 Å². The van der Waals surface area contributed by atoms with Crippen molar-refractivity contribution < 1.29 is 4.74 Å². The van der Waals surface area contributed by atoms with Gasteiger partial charge in [-0.05, 0) is 62.4 Å². The number of benzene rings is 1.